The second kappa shape index (κ2) is 10.3. The van der Waals surface area contributed by atoms with Crippen molar-refractivity contribution in [3.63, 3.8) is 0 Å². The summed E-state index contributed by atoms with van der Waals surface area (Å²) in [5.41, 5.74) is 3.68. The van der Waals surface area contributed by atoms with E-state index in [4.69, 9.17) is 4.74 Å². The topological polar surface area (TPSA) is 62.2 Å². The van der Waals surface area contributed by atoms with Crippen LogP contribution in [0.5, 0.6) is 0 Å². The minimum absolute atomic E-state index is 0.103. The summed E-state index contributed by atoms with van der Waals surface area (Å²) < 4.78 is 18.7. The fraction of sp³-hybridized carbons (Fsp3) is 0.423. The molecule has 4 rings (SSSR count). The predicted octanol–water partition coefficient (Wildman–Crippen LogP) is 4.23. The van der Waals surface area contributed by atoms with Gasteiger partial charge in [-0.1, -0.05) is 48.4 Å². The smallest absolute Gasteiger partial charge is 0.323 e. The number of aryl methyl sites for hydroxylation is 1. The van der Waals surface area contributed by atoms with Gasteiger partial charge in [0.1, 0.15) is 11.9 Å². The van der Waals surface area contributed by atoms with Gasteiger partial charge in [0.2, 0.25) is 0 Å². The molecule has 6 nitrogen and oxygen atoms in total. The Bertz CT molecular complexity index is 1020. The third-order valence-corrected chi connectivity index (χ3v) is 6.32. The largest absolute Gasteiger partial charge is 0.465 e. The Balaban J connectivity index is 1.59. The number of likely N-dealkylation sites (tertiary alicyclic amines) is 1. The van der Waals surface area contributed by atoms with Crippen LogP contribution in [0, 0.1) is 12.7 Å². The summed E-state index contributed by atoms with van der Waals surface area (Å²) in [5, 5.41) is 6.22. The molecule has 2 aromatic rings. The molecule has 0 bridgehead atoms. The average Bonchev–Trinajstić information content (AvgIpc) is 3.26. The minimum Gasteiger partial charge on any atom is -0.465 e. The maximum atomic E-state index is 13.5. The van der Waals surface area contributed by atoms with Crippen LogP contribution in [0.4, 0.5) is 4.39 Å². The number of hydrogen-bond donors (Lipinski definition) is 0. The molecule has 7 heteroatoms. The Hall–Kier alpha value is -3.06. The third-order valence-electron chi connectivity index (χ3n) is 6.32. The summed E-state index contributed by atoms with van der Waals surface area (Å²) >= 11 is 0. The molecule has 0 radical (unpaired) electrons. The minimum atomic E-state index is -0.399. The van der Waals surface area contributed by atoms with Gasteiger partial charge in [-0.3, -0.25) is 14.5 Å². The molecular weight excluding hydrogens is 421 g/mol. The Morgan fingerprint density at radius 1 is 1.09 bits per heavy atom. The third kappa shape index (κ3) is 5.30. The normalized spacial score (nSPS) is 21.1. The average molecular weight is 452 g/mol. The molecule has 0 unspecified atom stereocenters. The highest BCUT2D eigenvalue weighted by molar-refractivity contribution is 6.03. The van der Waals surface area contributed by atoms with Crippen LogP contribution in [0.3, 0.4) is 0 Å². The number of ether oxygens (including phenoxy) is 1. The summed E-state index contributed by atoms with van der Waals surface area (Å²) in [7, 11) is 0. The van der Waals surface area contributed by atoms with Gasteiger partial charge >= 0.3 is 5.97 Å². The van der Waals surface area contributed by atoms with Crippen LogP contribution < -0.4 is 0 Å². The monoisotopic (exact) mass is 451 g/mol. The van der Waals surface area contributed by atoms with Crippen molar-refractivity contribution in [2.45, 2.75) is 51.6 Å². The molecule has 174 valence electrons. The van der Waals surface area contributed by atoms with Gasteiger partial charge in [-0.05, 0) is 56.5 Å². The Labute approximate surface area is 194 Å². The molecular formula is C26H30FN3O3. The number of amides is 1. The Morgan fingerprint density at radius 3 is 2.52 bits per heavy atom. The standard InChI is InChI=1S/C26H30FN3O3/c1-3-33-26(32)23-6-4-5-15-29(23)17-25(31)30-24(20-9-7-18(2)8-10-20)16-22(28-30)19-11-13-21(27)14-12-19/h7-14,23-24H,3-6,15-17H2,1-2H3/t23-,24+/m1/s1. The number of benzene rings is 2. The van der Waals surface area contributed by atoms with E-state index in [2.05, 4.69) is 5.10 Å². The number of hydrazone groups is 1. The van der Waals surface area contributed by atoms with Gasteiger partial charge in [-0.25, -0.2) is 9.40 Å². The molecule has 2 aromatic carbocycles. The lowest BCUT2D eigenvalue weighted by Crippen LogP contribution is -2.49. The molecule has 2 heterocycles. The number of halogens is 1. The molecule has 2 aliphatic rings. The van der Waals surface area contributed by atoms with E-state index in [1.807, 2.05) is 36.1 Å². The highest BCUT2D eigenvalue weighted by Gasteiger charge is 2.37. The van der Waals surface area contributed by atoms with E-state index in [1.54, 1.807) is 24.1 Å². The molecule has 0 spiro atoms. The molecule has 0 aromatic heterocycles. The maximum Gasteiger partial charge on any atom is 0.323 e. The van der Waals surface area contributed by atoms with Crippen molar-refractivity contribution < 1.29 is 18.7 Å². The van der Waals surface area contributed by atoms with E-state index in [-0.39, 0.29) is 30.3 Å². The van der Waals surface area contributed by atoms with E-state index < -0.39 is 6.04 Å². The number of rotatable bonds is 6. The van der Waals surface area contributed by atoms with Crippen LogP contribution in [0.2, 0.25) is 0 Å². The van der Waals surface area contributed by atoms with E-state index in [0.717, 1.165) is 35.2 Å². The molecule has 0 saturated carbocycles. The molecule has 0 N–H and O–H groups in total. The molecule has 33 heavy (non-hydrogen) atoms. The first kappa shape index (κ1) is 23.1. The lowest BCUT2D eigenvalue weighted by Gasteiger charge is -2.34. The van der Waals surface area contributed by atoms with Gasteiger partial charge in [0.15, 0.2) is 0 Å². The van der Waals surface area contributed by atoms with Crippen molar-refractivity contribution in [3.05, 3.63) is 71.0 Å². The number of hydrogen-bond acceptors (Lipinski definition) is 5. The molecule has 2 atom stereocenters. The fourth-order valence-corrected chi connectivity index (χ4v) is 4.54. The molecule has 1 fully saturated rings. The first-order valence-electron chi connectivity index (χ1n) is 11.6. The van der Waals surface area contributed by atoms with Crippen molar-refractivity contribution in [3.8, 4) is 0 Å². The van der Waals surface area contributed by atoms with Crippen molar-refractivity contribution in [2.24, 2.45) is 5.10 Å². The summed E-state index contributed by atoms with van der Waals surface area (Å²) in [6, 6.07) is 13.6. The van der Waals surface area contributed by atoms with Crippen LogP contribution >= 0.6 is 0 Å². The molecule has 1 amide bonds. The van der Waals surface area contributed by atoms with Gasteiger partial charge in [0.25, 0.3) is 5.91 Å². The molecule has 1 saturated heterocycles. The second-order valence-electron chi connectivity index (χ2n) is 8.66. The molecule has 2 aliphatic heterocycles. The fourth-order valence-electron chi connectivity index (χ4n) is 4.54. The number of carbonyl (C=O) groups is 2. The van der Waals surface area contributed by atoms with Gasteiger partial charge in [0.05, 0.1) is 24.9 Å². The van der Waals surface area contributed by atoms with E-state index >= 15 is 0 Å². The number of carbonyl (C=O) groups excluding carboxylic acids is 2. The van der Waals surface area contributed by atoms with E-state index in [9.17, 15) is 14.0 Å². The van der Waals surface area contributed by atoms with Crippen LogP contribution in [0.1, 0.15) is 55.3 Å². The second-order valence-corrected chi connectivity index (χ2v) is 8.66. The summed E-state index contributed by atoms with van der Waals surface area (Å²) in [6.07, 6.45) is 3.12. The Kier molecular flexibility index (Phi) is 7.18. The van der Waals surface area contributed by atoms with Gasteiger partial charge in [0, 0.05) is 6.42 Å². The zero-order valence-electron chi connectivity index (χ0n) is 19.2. The van der Waals surface area contributed by atoms with Gasteiger partial charge in [-0.15, -0.1) is 0 Å². The van der Waals surface area contributed by atoms with E-state index in [1.165, 1.54) is 12.1 Å². The maximum absolute atomic E-state index is 13.5. The van der Waals surface area contributed by atoms with Crippen molar-refractivity contribution in [1.82, 2.24) is 9.91 Å². The first-order valence-corrected chi connectivity index (χ1v) is 11.6. The lowest BCUT2D eigenvalue weighted by atomic mass is 9.97. The Morgan fingerprint density at radius 2 is 1.82 bits per heavy atom. The summed E-state index contributed by atoms with van der Waals surface area (Å²) in [4.78, 5) is 27.9. The van der Waals surface area contributed by atoms with Gasteiger partial charge < -0.3 is 4.74 Å². The lowest BCUT2D eigenvalue weighted by molar-refractivity contribution is -0.152. The highest BCUT2D eigenvalue weighted by atomic mass is 19.1. The van der Waals surface area contributed by atoms with Crippen molar-refractivity contribution >= 4 is 17.6 Å². The van der Waals surface area contributed by atoms with E-state index in [0.29, 0.717) is 26.0 Å². The first-order chi connectivity index (χ1) is 16.0. The number of nitrogens with zero attached hydrogens (tertiary/aromatic N) is 3. The zero-order valence-corrected chi connectivity index (χ0v) is 19.2. The molecule has 0 aliphatic carbocycles. The summed E-state index contributed by atoms with van der Waals surface area (Å²) in [5.74, 6) is -0.735. The predicted molar refractivity (Wildman–Crippen MR) is 124 cm³/mol. The van der Waals surface area contributed by atoms with Crippen LogP contribution in [-0.2, 0) is 14.3 Å². The van der Waals surface area contributed by atoms with Crippen molar-refractivity contribution in [2.75, 3.05) is 19.7 Å². The quantitative estimate of drug-likeness (QED) is 0.617. The summed E-state index contributed by atoms with van der Waals surface area (Å²) in [6.45, 7) is 4.91. The van der Waals surface area contributed by atoms with Gasteiger partial charge in [-0.2, -0.15) is 5.10 Å². The van der Waals surface area contributed by atoms with Crippen molar-refractivity contribution in [1.29, 1.82) is 0 Å². The number of esters is 1. The zero-order chi connectivity index (χ0) is 23.4. The van der Waals surface area contributed by atoms with Crippen LogP contribution in [0.15, 0.2) is 53.6 Å². The highest BCUT2D eigenvalue weighted by Crippen LogP contribution is 2.33. The SMILES string of the molecule is CCOC(=O)[C@H]1CCCCN1CC(=O)N1N=C(c2ccc(F)cc2)C[C@H]1c1ccc(C)cc1. The number of piperidine rings is 1. The van der Waals surface area contributed by atoms with Crippen LogP contribution in [0.25, 0.3) is 0 Å². The van der Waals surface area contributed by atoms with Crippen LogP contribution in [-0.4, -0.2) is 53.2 Å².